The topological polar surface area (TPSA) is 71.0 Å². The summed E-state index contributed by atoms with van der Waals surface area (Å²) in [5.74, 6) is 0.421. The first-order chi connectivity index (χ1) is 13.2. The van der Waals surface area contributed by atoms with Gasteiger partial charge in [0, 0.05) is 38.9 Å². The van der Waals surface area contributed by atoms with Crippen LogP contribution in [-0.4, -0.2) is 31.7 Å². The van der Waals surface area contributed by atoms with Gasteiger partial charge in [-0.2, -0.15) is 4.36 Å². The van der Waals surface area contributed by atoms with Crippen molar-refractivity contribution < 1.29 is 8.60 Å². The predicted molar refractivity (Wildman–Crippen MR) is 113 cm³/mol. The minimum Gasteiger partial charge on any atom is -0.342 e. The summed E-state index contributed by atoms with van der Waals surface area (Å²) in [6, 6.07) is 10.3. The minimum absolute atomic E-state index is 0.143. The van der Waals surface area contributed by atoms with Crippen LogP contribution in [0.25, 0.3) is 32.9 Å². The highest BCUT2D eigenvalue weighted by atomic mass is 32.2. The van der Waals surface area contributed by atoms with Crippen LogP contribution in [-0.2, 0) is 9.73 Å². The van der Waals surface area contributed by atoms with Crippen molar-refractivity contribution in [3.8, 4) is 11.1 Å². The van der Waals surface area contributed by atoms with Crippen LogP contribution in [0.4, 0.5) is 10.2 Å². The van der Waals surface area contributed by atoms with E-state index in [0.29, 0.717) is 5.82 Å². The summed E-state index contributed by atoms with van der Waals surface area (Å²) in [6.45, 7) is 4.15. The van der Waals surface area contributed by atoms with E-state index >= 15 is 0 Å². The van der Waals surface area contributed by atoms with Crippen LogP contribution in [0.3, 0.4) is 0 Å². The molecule has 0 atom stereocenters. The lowest BCUT2D eigenvalue weighted by atomic mass is 9.92. The molecule has 1 N–H and O–H groups in total. The number of benzene rings is 2. The number of hydrogen-bond donors (Lipinski definition) is 1. The summed E-state index contributed by atoms with van der Waals surface area (Å²) in [4.78, 5) is 12.0. The van der Waals surface area contributed by atoms with Gasteiger partial charge in [0.2, 0.25) is 0 Å². The first-order valence-corrected chi connectivity index (χ1v) is 11.3. The maximum Gasteiger partial charge on any atom is 0.147 e. The molecule has 0 aliphatic heterocycles. The van der Waals surface area contributed by atoms with Crippen LogP contribution in [0, 0.1) is 5.82 Å². The molecule has 0 saturated heterocycles. The third-order valence-corrected chi connectivity index (χ3v) is 5.20. The fourth-order valence-electron chi connectivity index (χ4n) is 3.39. The number of nitrogens with zero attached hydrogens (tertiary/aromatic N) is 3. The van der Waals surface area contributed by atoms with E-state index in [2.05, 4.69) is 33.2 Å². The standard InChI is InChI=1S/C21H21FN4OS/c1-12(2)20-19(13-5-7-14(22)8-6-13)15-9-17-18(24-11-23-17)10-16(15)21(25-20)26-28(3,4)27/h5-12,25H,1-4H3. The molecule has 0 unspecified atom stereocenters. The van der Waals surface area contributed by atoms with Crippen molar-refractivity contribution >= 4 is 37.4 Å². The first kappa shape index (κ1) is 18.6. The summed E-state index contributed by atoms with van der Waals surface area (Å²) in [5.41, 5.74) is 4.33. The molecule has 7 heteroatoms. The molecule has 0 fully saturated rings. The van der Waals surface area contributed by atoms with E-state index in [1.807, 2.05) is 12.1 Å². The molecule has 0 amide bonds. The molecule has 0 radical (unpaired) electrons. The number of imidazole rings is 1. The van der Waals surface area contributed by atoms with E-state index in [1.165, 1.54) is 18.5 Å². The maximum absolute atomic E-state index is 13.5. The Labute approximate surface area is 163 Å². The van der Waals surface area contributed by atoms with Gasteiger partial charge in [0.15, 0.2) is 0 Å². The van der Waals surface area contributed by atoms with E-state index in [-0.39, 0.29) is 11.7 Å². The van der Waals surface area contributed by atoms with E-state index in [1.54, 1.807) is 24.6 Å². The second kappa shape index (κ2) is 6.67. The summed E-state index contributed by atoms with van der Waals surface area (Å²) >= 11 is 0. The Morgan fingerprint density at radius 1 is 1.04 bits per heavy atom. The number of aromatic nitrogens is 3. The molecule has 0 spiro atoms. The zero-order valence-electron chi connectivity index (χ0n) is 16.2. The lowest BCUT2D eigenvalue weighted by Gasteiger charge is -2.18. The molecule has 2 aromatic heterocycles. The van der Waals surface area contributed by atoms with Gasteiger partial charge in [-0.25, -0.2) is 18.6 Å². The molecule has 2 aromatic carbocycles. The lowest BCUT2D eigenvalue weighted by molar-refractivity contribution is 0.628. The van der Waals surface area contributed by atoms with E-state index in [4.69, 9.17) is 0 Å². The van der Waals surface area contributed by atoms with E-state index in [0.717, 1.165) is 38.6 Å². The highest BCUT2D eigenvalue weighted by molar-refractivity contribution is 7.92. The Hall–Kier alpha value is -2.80. The summed E-state index contributed by atoms with van der Waals surface area (Å²) in [5, 5.41) is 1.73. The van der Waals surface area contributed by atoms with Gasteiger partial charge < -0.3 is 4.98 Å². The van der Waals surface area contributed by atoms with E-state index in [9.17, 15) is 8.60 Å². The number of rotatable bonds is 3. The Morgan fingerprint density at radius 3 is 2.21 bits per heavy atom. The number of halogens is 1. The third-order valence-electron chi connectivity index (χ3n) is 4.58. The zero-order chi connectivity index (χ0) is 20.1. The second-order valence-electron chi connectivity index (χ2n) is 7.46. The van der Waals surface area contributed by atoms with Crippen molar-refractivity contribution in [2.45, 2.75) is 19.8 Å². The van der Waals surface area contributed by atoms with Gasteiger partial charge in [0.25, 0.3) is 0 Å². The molecule has 144 valence electrons. The number of hydrogen-bond acceptors (Lipinski definition) is 4. The molecule has 0 bridgehead atoms. The average molecular weight is 396 g/mol. The van der Waals surface area contributed by atoms with Crippen molar-refractivity contribution in [2.24, 2.45) is 4.36 Å². The average Bonchev–Trinajstić information content (AvgIpc) is 3.07. The molecular weight excluding hydrogens is 375 g/mol. The Balaban J connectivity index is 2.20. The number of H-pyrrole nitrogens is 1. The number of nitrogens with one attached hydrogen (secondary N) is 1. The van der Waals surface area contributed by atoms with Gasteiger partial charge in [-0.1, -0.05) is 26.0 Å². The van der Waals surface area contributed by atoms with Crippen LogP contribution < -0.4 is 0 Å². The molecule has 4 aromatic rings. The number of pyridine rings is 1. The Kier molecular flexibility index (Phi) is 4.42. The smallest absolute Gasteiger partial charge is 0.147 e. The van der Waals surface area contributed by atoms with Crippen molar-refractivity contribution in [3.05, 3.63) is 54.2 Å². The van der Waals surface area contributed by atoms with Gasteiger partial charge in [-0.3, -0.25) is 0 Å². The molecule has 0 aliphatic carbocycles. The fraction of sp³-hybridized carbons (Fsp3) is 0.238. The molecule has 0 aliphatic rings. The highest BCUT2D eigenvalue weighted by Gasteiger charge is 2.18. The van der Waals surface area contributed by atoms with E-state index < -0.39 is 9.73 Å². The lowest BCUT2D eigenvalue weighted by Crippen LogP contribution is -2.00. The zero-order valence-corrected chi connectivity index (χ0v) is 17.0. The van der Waals surface area contributed by atoms with Gasteiger partial charge in [0.1, 0.15) is 18.0 Å². The third kappa shape index (κ3) is 3.38. The summed E-state index contributed by atoms with van der Waals surface area (Å²) in [6.07, 6.45) is 4.74. The first-order valence-electron chi connectivity index (χ1n) is 8.96. The molecule has 2 heterocycles. The maximum atomic E-state index is 13.5. The van der Waals surface area contributed by atoms with Gasteiger partial charge in [-0.15, -0.1) is 0 Å². The molecule has 28 heavy (non-hydrogen) atoms. The SMILES string of the molecule is CC(C)c1[nH]c(N=S(C)(C)=O)c2cc3ncnc3cc2c1-c1ccc(F)cc1. The Morgan fingerprint density at radius 2 is 1.64 bits per heavy atom. The van der Waals surface area contributed by atoms with Gasteiger partial charge in [-0.05, 0) is 41.1 Å². The van der Waals surface area contributed by atoms with Gasteiger partial charge >= 0.3 is 0 Å². The van der Waals surface area contributed by atoms with Crippen molar-refractivity contribution in [2.75, 3.05) is 12.5 Å². The molecular formula is C21H21FN4OS. The van der Waals surface area contributed by atoms with Crippen LogP contribution in [0.15, 0.2) is 47.1 Å². The fourth-order valence-corrected chi connectivity index (χ4v) is 3.98. The van der Waals surface area contributed by atoms with Crippen LogP contribution in [0.2, 0.25) is 0 Å². The summed E-state index contributed by atoms with van der Waals surface area (Å²) < 4.78 is 30.4. The van der Waals surface area contributed by atoms with Gasteiger partial charge in [0.05, 0.1) is 11.0 Å². The second-order valence-corrected chi connectivity index (χ2v) is 10.0. The quantitative estimate of drug-likeness (QED) is 0.504. The number of fused-ring (bicyclic) bond motifs is 2. The van der Waals surface area contributed by atoms with Crippen LogP contribution in [0.5, 0.6) is 0 Å². The van der Waals surface area contributed by atoms with Crippen LogP contribution >= 0.6 is 0 Å². The minimum atomic E-state index is -2.38. The predicted octanol–water partition coefficient (Wildman–Crippen LogP) is 5.40. The molecule has 5 nitrogen and oxygen atoms in total. The van der Waals surface area contributed by atoms with Crippen LogP contribution in [0.1, 0.15) is 25.5 Å². The highest BCUT2D eigenvalue weighted by Crippen LogP contribution is 2.40. The van der Waals surface area contributed by atoms with Crippen molar-refractivity contribution in [1.29, 1.82) is 0 Å². The molecule has 0 saturated carbocycles. The van der Waals surface area contributed by atoms with Crippen molar-refractivity contribution in [1.82, 2.24) is 15.0 Å². The summed E-state index contributed by atoms with van der Waals surface area (Å²) in [7, 11) is -2.38. The normalized spacial score (nSPS) is 12.2. The largest absolute Gasteiger partial charge is 0.342 e. The molecule has 4 rings (SSSR count). The Bertz CT molecular complexity index is 1310. The number of aromatic amines is 1. The monoisotopic (exact) mass is 396 g/mol. The van der Waals surface area contributed by atoms with Crippen molar-refractivity contribution in [3.63, 3.8) is 0 Å².